The average Bonchev–Trinajstić information content (AvgIpc) is 3.10. The van der Waals surface area contributed by atoms with Crippen LogP contribution in [0.5, 0.6) is 17.2 Å². The second kappa shape index (κ2) is 6.39. The van der Waals surface area contributed by atoms with Gasteiger partial charge in [0.25, 0.3) is 5.91 Å². The Bertz CT molecular complexity index is 735. The largest absolute Gasteiger partial charge is 0.488 e. The molecule has 0 aliphatic carbocycles. The van der Waals surface area contributed by atoms with E-state index in [2.05, 4.69) is 4.98 Å². The third-order valence-corrected chi connectivity index (χ3v) is 4.24. The van der Waals surface area contributed by atoms with E-state index in [1.165, 1.54) is 0 Å². The van der Waals surface area contributed by atoms with Crippen LogP contribution in [0.25, 0.3) is 0 Å². The van der Waals surface area contributed by atoms with Crippen LogP contribution >= 0.6 is 0 Å². The first-order valence-electron chi connectivity index (χ1n) is 8.05. The van der Waals surface area contributed by atoms with Crippen molar-refractivity contribution < 1.29 is 19.0 Å². The van der Waals surface area contributed by atoms with Crippen LogP contribution in [-0.2, 0) is 0 Å². The highest BCUT2D eigenvalue weighted by atomic mass is 16.7. The molecule has 0 spiro atoms. The lowest BCUT2D eigenvalue weighted by Crippen LogP contribution is -2.44. The maximum atomic E-state index is 12.8. The van der Waals surface area contributed by atoms with Crippen molar-refractivity contribution in [3.05, 3.63) is 48.3 Å². The molecule has 1 aromatic carbocycles. The van der Waals surface area contributed by atoms with Crippen LogP contribution in [0.3, 0.4) is 0 Å². The van der Waals surface area contributed by atoms with Gasteiger partial charge in [0, 0.05) is 24.5 Å². The van der Waals surface area contributed by atoms with Gasteiger partial charge in [0.2, 0.25) is 6.79 Å². The summed E-state index contributed by atoms with van der Waals surface area (Å²) in [7, 11) is 0. The number of rotatable bonds is 3. The third-order valence-electron chi connectivity index (χ3n) is 4.24. The van der Waals surface area contributed by atoms with Crippen LogP contribution in [0.15, 0.2) is 42.7 Å². The highest BCUT2D eigenvalue weighted by molar-refractivity contribution is 5.95. The standard InChI is InChI=1S/C18H18N2O4/c21-18(13-3-4-16-17(10-13)23-12-22-16)20-9-1-2-15(11-20)24-14-5-7-19-8-6-14/h3-8,10,15H,1-2,9,11-12H2/t15-/m1/s1. The van der Waals surface area contributed by atoms with Crippen molar-refractivity contribution in [2.45, 2.75) is 18.9 Å². The fourth-order valence-electron chi connectivity index (χ4n) is 3.04. The maximum absolute atomic E-state index is 12.8. The van der Waals surface area contributed by atoms with Crippen LogP contribution in [0.1, 0.15) is 23.2 Å². The van der Waals surface area contributed by atoms with E-state index >= 15 is 0 Å². The van der Waals surface area contributed by atoms with E-state index in [0.29, 0.717) is 23.6 Å². The first-order chi connectivity index (χ1) is 11.8. The number of ether oxygens (including phenoxy) is 3. The van der Waals surface area contributed by atoms with Gasteiger partial charge in [0.05, 0.1) is 6.54 Å². The SMILES string of the molecule is O=C(c1ccc2c(c1)OCO2)N1CCC[C@@H](Oc2ccncc2)C1. The summed E-state index contributed by atoms with van der Waals surface area (Å²) < 4.78 is 16.6. The quantitative estimate of drug-likeness (QED) is 0.867. The zero-order valence-corrected chi connectivity index (χ0v) is 13.2. The Balaban J connectivity index is 1.44. The van der Waals surface area contributed by atoms with E-state index in [-0.39, 0.29) is 18.8 Å². The number of likely N-dealkylation sites (tertiary alicyclic amines) is 1. The van der Waals surface area contributed by atoms with Gasteiger partial charge in [-0.05, 0) is 43.2 Å². The number of carbonyl (C=O) groups is 1. The summed E-state index contributed by atoms with van der Waals surface area (Å²) in [5.74, 6) is 2.09. The maximum Gasteiger partial charge on any atom is 0.254 e. The summed E-state index contributed by atoms with van der Waals surface area (Å²) in [5.41, 5.74) is 0.615. The van der Waals surface area contributed by atoms with Crippen LogP contribution in [-0.4, -0.2) is 41.8 Å². The highest BCUT2D eigenvalue weighted by Crippen LogP contribution is 2.33. The molecule has 1 amide bonds. The summed E-state index contributed by atoms with van der Waals surface area (Å²) in [5, 5.41) is 0. The number of carbonyl (C=O) groups excluding carboxylic acids is 1. The molecule has 2 aromatic rings. The number of fused-ring (bicyclic) bond motifs is 1. The number of piperidine rings is 1. The first-order valence-corrected chi connectivity index (χ1v) is 8.05. The fourth-order valence-corrected chi connectivity index (χ4v) is 3.04. The molecule has 0 bridgehead atoms. The zero-order valence-electron chi connectivity index (χ0n) is 13.2. The van der Waals surface area contributed by atoms with Gasteiger partial charge in [-0.25, -0.2) is 0 Å². The molecule has 4 rings (SSSR count). The summed E-state index contributed by atoms with van der Waals surface area (Å²) in [6, 6.07) is 8.98. The smallest absolute Gasteiger partial charge is 0.254 e. The van der Waals surface area contributed by atoms with Gasteiger partial charge < -0.3 is 19.1 Å². The number of nitrogens with zero attached hydrogens (tertiary/aromatic N) is 2. The fraction of sp³-hybridized carbons (Fsp3) is 0.333. The lowest BCUT2D eigenvalue weighted by Gasteiger charge is -2.33. The third kappa shape index (κ3) is 2.99. The molecule has 0 saturated carbocycles. The van der Waals surface area contributed by atoms with Gasteiger partial charge in [-0.1, -0.05) is 0 Å². The number of hydrogen-bond acceptors (Lipinski definition) is 5. The van der Waals surface area contributed by atoms with Crippen LogP contribution < -0.4 is 14.2 Å². The lowest BCUT2D eigenvalue weighted by atomic mass is 10.1. The van der Waals surface area contributed by atoms with E-state index in [4.69, 9.17) is 14.2 Å². The topological polar surface area (TPSA) is 60.9 Å². The van der Waals surface area contributed by atoms with Crippen LogP contribution in [0, 0.1) is 0 Å². The Morgan fingerprint density at radius 3 is 2.88 bits per heavy atom. The Labute approximate surface area is 140 Å². The molecule has 24 heavy (non-hydrogen) atoms. The van der Waals surface area contributed by atoms with Crippen molar-refractivity contribution in [1.29, 1.82) is 0 Å². The molecular formula is C18H18N2O4. The van der Waals surface area contributed by atoms with Gasteiger partial charge in [-0.2, -0.15) is 0 Å². The van der Waals surface area contributed by atoms with E-state index in [9.17, 15) is 4.79 Å². The van der Waals surface area contributed by atoms with E-state index in [0.717, 1.165) is 25.1 Å². The van der Waals surface area contributed by atoms with Gasteiger partial charge in [-0.3, -0.25) is 9.78 Å². The van der Waals surface area contributed by atoms with E-state index in [1.54, 1.807) is 30.6 Å². The number of benzene rings is 1. The molecular weight excluding hydrogens is 308 g/mol. The number of hydrogen-bond donors (Lipinski definition) is 0. The van der Waals surface area contributed by atoms with E-state index < -0.39 is 0 Å². The Morgan fingerprint density at radius 1 is 1.17 bits per heavy atom. The van der Waals surface area contributed by atoms with Crippen molar-refractivity contribution >= 4 is 5.91 Å². The van der Waals surface area contributed by atoms with Crippen molar-refractivity contribution in [3.63, 3.8) is 0 Å². The zero-order chi connectivity index (χ0) is 16.4. The molecule has 3 heterocycles. The Morgan fingerprint density at radius 2 is 2.00 bits per heavy atom. The molecule has 124 valence electrons. The van der Waals surface area contributed by atoms with Crippen LogP contribution in [0.2, 0.25) is 0 Å². The summed E-state index contributed by atoms with van der Waals surface area (Å²) in [6.45, 7) is 1.53. The minimum atomic E-state index is -0.00340. The normalized spacial score (nSPS) is 19.2. The van der Waals surface area contributed by atoms with Crippen molar-refractivity contribution in [1.82, 2.24) is 9.88 Å². The van der Waals surface area contributed by atoms with Crippen molar-refractivity contribution in [2.75, 3.05) is 19.9 Å². The molecule has 0 N–H and O–H groups in total. The lowest BCUT2D eigenvalue weighted by molar-refractivity contribution is 0.0537. The summed E-state index contributed by atoms with van der Waals surface area (Å²) >= 11 is 0. The molecule has 2 aliphatic heterocycles. The van der Waals surface area contributed by atoms with Crippen LogP contribution in [0.4, 0.5) is 0 Å². The monoisotopic (exact) mass is 326 g/mol. The molecule has 6 nitrogen and oxygen atoms in total. The minimum Gasteiger partial charge on any atom is -0.488 e. The average molecular weight is 326 g/mol. The molecule has 0 unspecified atom stereocenters. The molecule has 0 radical (unpaired) electrons. The number of aromatic nitrogens is 1. The molecule has 1 aromatic heterocycles. The second-order valence-electron chi connectivity index (χ2n) is 5.88. The van der Waals surface area contributed by atoms with Gasteiger partial charge >= 0.3 is 0 Å². The minimum absolute atomic E-state index is 0.000824. The number of pyridine rings is 1. The Kier molecular flexibility index (Phi) is 3.94. The highest BCUT2D eigenvalue weighted by Gasteiger charge is 2.27. The van der Waals surface area contributed by atoms with Gasteiger partial charge in [-0.15, -0.1) is 0 Å². The second-order valence-corrected chi connectivity index (χ2v) is 5.88. The molecule has 6 heteroatoms. The van der Waals surface area contributed by atoms with Crippen molar-refractivity contribution in [3.8, 4) is 17.2 Å². The summed E-state index contributed by atoms with van der Waals surface area (Å²) in [6.07, 6.45) is 5.26. The first kappa shape index (κ1) is 14.8. The van der Waals surface area contributed by atoms with E-state index in [1.807, 2.05) is 17.0 Å². The molecule has 1 atom stereocenters. The molecule has 2 aliphatic rings. The number of amides is 1. The predicted molar refractivity (Wildman–Crippen MR) is 86.4 cm³/mol. The molecule has 1 saturated heterocycles. The van der Waals surface area contributed by atoms with Crippen molar-refractivity contribution in [2.24, 2.45) is 0 Å². The van der Waals surface area contributed by atoms with Gasteiger partial charge in [0.1, 0.15) is 11.9 Å². The van der Waals surface area contributed by atoms with Gasteiger partial charge in [0.15, 0.2) is 11.5 Å². The summed E-state index contributed by atoms with van der Waals surface area (Å²) in [4.78, 5) is 18.6. The predicted octanol–water partition coefficient (Wildman–Crippen LogP) is 2.49. The Hall–Kier alpha value is -2.76. The molecule has 1 fully saturated rings.